The van der Waals surface area contributed by atoms with Crippen LogP contribution in [0.2, 0.25) is 0 Å². The van der Waals surface area contributed by atoms with Gasteiger partial charge in [0.15, 0.2) is 0 Å². The maximum Gasteiger partial charge on any atom is 0.222 e. The normalized spacial score (nSPS) is 11.2. The summed E-state index contributed by atoms with van der Waals surface area (Å²) >= 11 is 3.51. The van der Waals surface area contributed by atoms with Crippen LogP contribution in [-0.4, -0.2) is 29.2 Å². The zero-order chi connectivity index (χ0) is 22.8. The van der Waals surface area contributed by atoms with E-state index in [-0.39, 0.29) is 0 Å². The van der Waals surface area contributed by atoms with Crippen molar-refractivity contribution >= 4 is 21.8 Å². The highest BCUT2D eigenvalue weighted by molar-refractivity contribution is 9.09. The second kappa shape index (κ2) is 26.2. The van der Waals surface area contributed by atoms with Crippen molar-refractivity contribution < 1.29 is 4.79 Å². The predicted molar refractivity (Wildman–Crippen MR) is 143 cm³/mol. The van der Waals surface area contributed by atoms with E-state index in [9.17, 15) is 4.79 Å². The molecule has 31 heavy (non-hydrogen) atoms. The van der Waals surface area contributed by atoms with E-state index >= 15 is 0 Å². The largest absolute Gasteiger partial charge is 0.343 e. The Morgan fingerprint density at radius 3 is 1.29 bits per heavy atom. The van der Waals surface area contributed by atoms with Crippen LogP contribution < -0.4 is 0 Å². The number of nitrogens with zero attached hydrogens (tertiary/aromatic N) is 1. The Bertz CT molecular complexity index is 361. The minimum atomic E-state index is 0.427. The third-order valence-corrected chi connectivity index (χ3v) is 7.00. The molecule has 0 bridgehead atoms. The Morgan fingerprint density at radius 2 is 0.871 bits per heavy atom. The molecule has 0 N–H and O–H groups in total. The molecule has 0 radical (unpaired) electrons. The predicted octanol–water partition coefficient (Wildman–Crippen LogP) is 9.83. The molecular formula is C28H56BrNO. The Hall–Kier alpha value is -0.0500. The van der Waals surface area contributed by atoms with Crippen LogP contribution in [-0.2, 0) is 4.79 Å². The van der Waals surface area contributed by atoms with Gasteiger partial charge >= 0.3 is 0 Å². The smallest absolute Gasteiger partial charge is 0.222 e. The van der Waals surface area contributed by atoms with Gasteiger partial charge in [-0.15, -0.1) is 0 Å². The topological polar surface area (TPSA) is 20.3 Å². The summed E-state index contributed by atoms with van der Waals surface area (Å²) in [4.78, 5) is 15.1. The number of amides is 1. The molecule has 0 saturated carbocycles. The first-order valence-electron chi connectivity index (χ1n) is 14.1. The van der Waals surface area contributed by atoms with Gasteiger partial charge in [0, 0.05) is 24.8 Å². The number of hydrogen-bond acceptors (Lipinski definition) is 1. The third-order valence-electron chi connectivity index (χ3n) is 6.44. The maximum absolute atomic E-state index is 12.8. The lowest BCUT2D eigenvalue weighted by molar-refractivity contribution is -0.131. The van der Waals surface area contributed by atoms with E-state index in [0.29, 0.717) is 5.91 Å². The second-order valence-electron chi connectivity index (χ2n) is 9.54. The number of unbranched alkanes of at least 4 members (excludes halogenated alkanes) is 18. The molecule has 0 aliphatic carbocycles. The molecule has 186 valence electrons. The van der Waals surface area contributed by atoms with Gasteiger partial charge in [-0.05, 0) is 25.7 Å². The van der Waals surface area contributed by atoms with Crippen molar-refractivity contribution in [1.29, 1.82) is 0 Å². The van der Waals surface area contributed by atoms with Crippen LogP contribution in [0.4, 0.5) is 0 Å². The zero-order valence-electron chi connectivity index (χ0n) is 21.4. The van der Waals surface area contributed by atoms with Gasteiger partial charge in [0.05, 0.1) is 0 Å². The van der Waals surface area contributed by atoms with E-state index in [0.717, 1.165) is 31.3 Å². The molecular weight excluding hydrogens is 446 g/mol. The minimum absolute atomic E-state index is 0.427. The summed E-state index contributed by atoms with van der Waals surface area (Å²) in [6.07, 6.45) is 28.3. The van der Waals surface area contributed by atoms with Crippen LogP contribution in [0.15, 0.2) is 0 Å². The fourth-order valence-corrected chi connectivity index (χ4v) is 4.69. The van der Waals surface area contributed by atoms with Gasteiger partial charge in [0.2, 0.25) is 5.91 Å². The molecule has 0 unspecified atom stereocenters. The molecule has 0 aromatic rings. The van der Waals surface area contributed by atoms with Crippen molar-refractivity contribution in [2.24, 2.45) is 0 Å². The lowest BCUT2D eigenvalue weighted by Crippen LogP contribution is -2.32. The molecule has 0 atom stereocenters. The summed E-state index contributed by atoms with van der Waals surface area (Å²) in [5, 5.41) is 1.13. The van der Waals surface area contributed by atoms with E-state index in [4.69, 9.17) is 0 Å². The van der Waals surface area contributed by atoms with Gasteiger partial charge in [-0.3, -0.25) is 4.79 Å². The molecule has 0 aliphatic rings. The SMILES string of the molecule is CCCCCCCCCCN(CCCCCCCCBr)C(=O)CCCCCCCCC. The van der Waals surface area contributed by atoms with E-state index in [2.05, 4.69) is 34.7 Å². The van der Waals surface area contributed by atoms with Crippen LogP contribution in [0.5, 0.6) is 0 Å². The summed E-state index contributed by atoms with van der Waals surface area (Å²) in [7, 11) is 0. The van der Waals surface area contributed by atoms with Crippen LogP contribution in [0, 0.1) is 0 Å². The molecule has 0 aromatic heterocycles. The molecule has 2 nitrogen and oxygen atoms in total. The van der Waals surface area contributed by atoms with Crippen molar-refractivity contribution in [1.82, 2.24) is 4.90 Å². The highest BCUT2D eigenvalue weighted by Crippen LogP contribution is 2.13. The van der Waals surface area contributed by atoms with Crippen LogP contribution in [0.25, 0.3) is 0 Å². The van der Waals surface area contributed by atoms with Gasteiger partial charge < -0.3 is 4.90 Å². The molecule has 0 rings (SSSR count). The van der Waals surface area contributed by atoms with Crippen LogP contribution in [0.3, 0.4) is 0 Å². The average Bonchev–Trinajstić information content (AvgIpc) is 2.78. The van der Waals surface area contributed by atoms with Gasteiger partial charge in [-0.25, -0.2) is 0 Å². The van der Waals surface area contributed by atoms with Crippen molar-refractivity contribution in [3.05, 3.63) is 0 Å². The van der Waals surface area contributed by atoms with E-state index in [1.165, 1.54) is 128 Å². The molecule has 0 fully saturated rings. The monoisotopic (exact) mass is 501 g/mol. The summed E-state index contributed by atoms with van der Waals surface area (Å²) < 4.78 is 0. The fourth-order valence-electron chi connectivity index (χ4n) is 4.29. The number of carbonyl (C=O) groups is 1. The van der Waals surface area contributed by atoms with E-state index in [1.54, 1.807) is 0 Å². The first-order chi connectivity index (χ1) is 15.3. The standard InChI is InChI=1S/C28H56BrNO/c1-3-5-7-9-11-14-18-22-26-30(27-23-19-15-13-17-21-25-29)28(31)24-20-16-12-10-8-6-4-2/h3-27H2,1-2H3. The average molecular weight is 503 g/mol. The fraction of sp³-hybridized carbons (Fsp3) is 0.964. The van der Waals surface area contributed by atoms with E-state index in [1.807, 2.05) is 0 Å². The Balaban J connectivity index is 4.03. The van der Waals surface area contributed by atoms with Gasteiger partial charge in [0.25, 0.3) is 0 Å². The van der Waals surface area contributed by atoms with Gasteiger partial charge in [-0.2, -0.15) is 0 Å². The first kappa shape index (κ1) is 30.9. The summed E-state index contributed by atoms with van der Waals surface area (Å²) in [5.74, 6) is 0.427. The van der Waals surface area contributed by atoms with Gasteiger partial charge in [-0.1, -0.05) is 139 Å². The zero-order valence-corrected chi connectivity index (χ0v) is 23.0. The molecule has 0 aliphatic heterocycles. The number of alkyl halides is 1. The summed E-state index contributed by atoms with van der Waals surface area (Å²) in [6.45, 7) is 6.53. The lowest BCUT2D eigenvalue weighted by atomic mass is 10.1. The summed E-state index contributed by atoms with van der Waals surface area (Å²) in [5.41, 5.74) is 0. The lowest BCUT2D eigenvalue weighted by Gasteiger charge is -2.23. The Morgan fingerprint density at radius 1 is 0.516 bits per heavy atom. The number of rotatable bonds is 25. The first-order valence-corrected chi connectivity index (χ1v) is 15.2. The third kappa shape index (κ3) is 22.9. The summed E-state index contributed by atoms with van der Waals surface area (Å²) in [6, 6.07) is 0. The van der Waals surface area contributed by atoms with Crippen molar-refractivity contribution in [3.63, 3.8) is 0 Å². The molecule has 3 heteroatoms. The second-order valence-corrected chi connectivity index (χ2v) is 10.3. The highest BCUT2D eigenvalue weighted by atomic mass is 79.9. The highest BCUT2D eigenvalue weighted by Gasteiger charge is 2.12. The van der Waals surface area contributed by atoms with Crippen molar-refractivity contribution in [3.8, 4) is 0 Å². The van der Waals surface area contributed by atoms with Crippen molar-refractivity contribution in [2.45, 2.75) is 155 Å². The van der Waals surface area contributed by atoms with Crippen LogP contribution in [0.1, 0.15) is 155 Å². The number of halogens is 1. The number of carbonyl (C=O) groups excluding carboxylic acids is 1. The number of hydrogen-bond donors (Lipinski definition) is 0. The molecule has 0 saturated heterocycles. The molecule has 0 heterocycles. The maximum atomic E-state index is 12.8. The Labute approximate surface area is 204 Å². The van der Waals surface area contributed by atoms with Gasteiger partial charge in [0.1, 0.15) is 0 Å². The molecule has 1 amide bonds. The molecule has 0 aromatic carbocycles. The minimum Gasteiger partial charge on any atom is -0.343 e. The van der Waals surface area contributed by atoms with Crippen LogP contribution >= 0.6 is 15.9 Å². The Kier molecular flexibility index (Phi) is 26.2. The molecule has 0 spiro atoms. The quantitative estimate of drug-likeness (QED) is 0.0898. The van der Waals surface area contributed by atoms with E-state index < -0.39 is 0 Å². The van der Waals surface area contributed by atoms with Crippen molar-refractivity contribution in [2.75, 3.05) is 18.4 Å².